The molecule has 1 unspecified atom stereocenters. The van der Waals surface area contributed by atoms with E-state index < -0.39 is 29.5 Å². The van der Waals surface area contributed by atoms with Gasteiger partial charge in [-0.05, 0) is 36.2 Å². The molecular formula is C22H24F2N4O3. The average Bonchev–Trinajstić information content (AvgIpc) is 3.03. The molecule has 0 bridgehead atoms. The lowest BCUT2D eigenvalue weighted by molar-refractivity contribution is -0.129. The Kier molecular flexibility index (Phi) is 6.84. The van der Waals surface area contributed by atoms with Crippen LogP contribution >= 0.6 is 0 Å². The molecule has 0 fully saturated rings. The van der Waals surface area contributed by atoms with Gasteiger partial charge in [-0.1, -0.05) is 25.1 Å². The van der Waals surface area contributed by atoms with Gasteiger partial charge in [0.05, 0.1) is 11.0 Å². The van der Waals surface area contributed by atoms with Crippen molar-refractivity contribution in [3.8, 4) is 0 Å². The van der Waals surface area contributed by atoms with Crippen LogP contribution in [0.15, 0.2) is 47.3 Å². The van der Waals surface area contributed by atoms with Gasteiger partial charge in [-0.2, -0.15) is 0 Å². The van der Waals surface area contributed by atoms with Crippen LogP contribution in [0, 0.1) is 11.6 Å². The number of amides is 2. The van der Waals surface area contributed by atoms with Crippen molar-refractivity contribution < 1.29 is 18.4 Å². The van der Waals surface area contributed by atoms with Crippen LogP contribution in [0.3, 0.4) is 0 Å². The number of hydrogen-bond acceptors (Lipinski definition) is 3. The summed E-state index contributed by atoms with van der Waals surface area (Å²) in [5.74, 6) is -3.24. The number of para-hydroxylation sites is 2. The number of imidazole rings is 1. The van der Waals surface area contributed by atoms with Gasteiger partial charge in [-0.25, -0.2) is 13.6 Å². The highest BCUT2D eigenvalue weighted by molar-refractivity contribution is 5.88. The Bertz CT molecular complexity index is 1170. The first kappa shape index (κ1) is 22.2. The van der Waals surface area contributed by atoms with Crippen LogP contribution in [0.4, 0.5) is 8.78 Å². The normalized spacial score (nSPS) is 12.0. The fraction of sp³-hybridized carbons (Fsp3) is 0.318. The molecule has 0 aliphatic carbocycles. The molecule has 2 N–H and O–H groups in total. The number of fused-ring (bicyclic) bond motifs is 1. The third-order valence-corrected chi connectivity index (χ3v) is 5.03. The van der Waals surface area contributed by atoms with Crippen LogP contribution in [-0.2, 0) is 22.7 Å². The summed E-state index contributed by atoms with van der Waals surface area (Å²) in [5.41, 5.74) is 1.42. The number of nitrogens with zero attached hydrogens (tertiary/aromatic N) is 2. The molecule has 3 aromatic rings. The van der Waals surface area contributed by atoms with Gasteiger partial charge in [-0.15, -0.1) is 0 Å². The molecule has 1 atom stereocenters. The van der Waals surface area contributed by atoms with Gasteiger partial charge < -0.3 is 10.6 Å². The SMILES string of the molecule is CCCn1c(=O)n(CCC(=O)NC(C(=O)NC)c2ccc(F)c(F)c2)c2ccccc21. The molecule has 0 aliphatic rings. The van der Waals surface area contributed by atoms with Crippen molar-refractivity contribution in [2.24, 2.45) is 0 Å². The second-order valence-corrected chi connectivity index (χ2v) is 7.11. The Balaban J connectivity index is 1.80. The predicted octanol–water partition coefficient (Wildman–Crippen LogP) is 2.48. The smallest absolute Gasteiger partial charge is 0.329 e. The van der Waals surface area contributed by atoms with Gasteiger partial charge in [-0.3, -0.25) is 18.7 Å². The van der Waals surface area contributed by atoms with E-state index in [-0.39, 0.29) is 24.2 Å². The summed E-state index contributed by atoms with van der Waals surface area (Å²) in [4.78, 5) is 37.6. The lowest BCUT2D eigenvalue weighted by atomic mass is 10.1. The van der Waals surface area contributed by atoms with E-state index in [1.54, 1.807) is 4.57 Å². The number of halogens is 2. The summed E-state index contributed by atoms with van der Waals surface area (Å²) < 4.78 is 30.0. The first-order valence-electron chi connectivity index (χ1n) is 10.0. The molecule has 0 aliphatic heterocycles. The minimum Gasteiger partial charge on any atom is -0.357 e. The molecule has 0 saturated heterocycles. The Morgan fingerprint density at radius 2 is 1.65 bits per heavy atom. The maximum atomic E-state index is 13.6. The fourth-order valence-electron chi connectivity index (χ4n) is 3.51. The summed E-state index contributed by atoms with van der Waals surface area (Å²) in [6, 6.07) is 9.16. The number of carbonyl (C=O) groups excluding carboxylic acids is 2. The van der Waals surface area contributed by atoms with E-state index in [0.717, 1.165) is 29.6 Å². The Morgan fingerprint density at radius 1 is 1.00 bits per heavy atom. The van der Waals surface area contributed by atoms with Crippen LogP contribution in [-0.4, -0.2) is 28.0 Å². The summed E-state index contributed by atoms with van der Waals surface area (Å²) in [5, 5.41) is 4.94. The molecule has 3 rings (SSSR count). The number of nitrogens with one attached hydrogen (secondary N) is 2. The molecule has 0 saturated carbocycles. The molecule has 9 heteroatoms. The third-order valence-electron chi connectivity index (χ3n) is 5.03. The average molecular weight is 430 g/mol. The Labute approximate surface area is 177 Å². The highest BCUT2D eigenvalue weighted by Gasteiger charge is 2.23. The number of rotatable bonds is 8. The zero-order valence-electron chi connectivity index (χ0n) is 17.3. The van der Waals surface area contributed by atoms with Crippen molar-refractivity contribution in [1.29, 1.82) is 0 Å². The summed E-state index contributed by atoms with van der Waals surface area (Å²) in [6.45, 7) is 2.65. The molecule has 31 heavy (non-hydrogen) atoms. The highest BCUT2D eigenvalue weighted by Crippen LogP contribution is 2.18. The molecular weight excluding hydrogens is 406 g/mol. The van der Waals surface area contributed by atoms with Gasteiger partial charge in [0.15, 0.2) is 11.6 Å². The standard InChI is InChI=1S/C22H24F2N4O3/c1-3-11-27-17-6-4-5-7-18(17)28(22(27)31)12-10-19(29)26-20(21(30)25-2)14-8-9-15(23)16(24)13-14/h4-9,13,20H,3,10-12H2,1-2H3,(H,25,30)(H,26,29). The maximum Gasteiger partial charge on any atom is 0.329 e. The van der Waals surface area contributed by atoms with Crippen molar-refractivity contribution in [3.63, 3.8) is 0 Å². The summed E-state index contributed by atoms with van der Waals surface area (Å²) in [6.07, 6.45) is 0.716. The first-order valence-corrected chi connectivity index (χ1v) is 10.0. The zero-order valence-corrected chi connectivity index (χ0v) is 17.3. The van der Waals surface area contributed by atoms with E-state index in [4.69, 9.17) is 0 Å². The van der Waals surface area contributed by atoms with E-state index >= 15 is 0 Å². The van der Waals surface area contributed by atoms with Crippen LogP contribution in [0.2, 0.25) is 0 Å². The number of likely N-dealkylation sites (N-methyl/N-ethyl adjacent to an activating group) is 1. The van der Waals surface area contributed by atoms with Crippen molar-refractivity contribution >= 4 is 22.8 Å². The minimum atomic E-state index is -1.19. The van der Waals surface area contributed by atoms with Gasteiger partial charge >= 0.3 is 5.69 Å². The molecule has 1 aromatic heterocycles. The third kappa shape index (κ3) is 4.65. The second kappa shape index (κ2) is 9.55. The lowest BCUT2D eigenvalue weighted by Crippen LogP contribution is -2.39. The second-order valence-electron chi connectivity index (χ2n) is 7.11. The molecule has 2 amide bonds. The lowest BCUT2D eigenvalue weighted by Gasteiger charge is -2.18. The molecule has 164 valence electrons. The predicted molar refractivity (Wildman–Crippen MR) is 112 cm³/mol. The van der Waals surface area contributed by atoms with E-state index in [9.17, 15) is 23.2 Å². The number of carbonyl (C=O) groups is 2. The van der Waals surface area contributed by atoms with E-state index in [2.05, 4.69) is 10.6 Å². The number of benzene rings is 2. The van der Waals surface area contributed by atoms with Gasteiger partial charge in [0.2, 0.25) is 11.8 Å². The van der Waals surface area contributed by atoms with Crippen molar-refractivity contribution in [1.82, 2.24) is 19.8 Å². The van der Waals surface area contributed by atoms with E-state index in [1.807, 2.05) is 31.2 Å². The minimum absolute atomic E-state index is 0.0722. The fourth-order valence-corrected chi connectivity index (χ4v) is 3.51. The summed E-state index contributed by atoms with van der Waals surface area (Å²) >= 11 is 0. The van der Waals surface area contributed by atoms with Crippen molar-refractivity contribution in [2.75, 3.05) is 7.05 Å². The molecule has 0 radical (unpaired) electrons. The van der Waals surface area contributed by atoms with Gasteiger partial charge in [0, 0.05) is 26.6 Å². The topological polar surface area (TPSA) is 85.1 Å². The molecule has 0 spiro atoms. The highest BCUT2D eigenvalue weighted by atomic mass is 19.2. The van der Waals surface area contributed by atoms with E-state index in [1.165, 1.54) is 17.7 Å². The van der Waals surface area contributed by atoms with Crippen LogP contribution in [0.1, 0.15) is 31.4 Å². The molecule has 2 aromatic carbocycles. The Morgan fingerprint density at radius 3 is 2.23 bits per heavy atom. The zero-order chi connectivity index (χ0) is 22.5. The number of aromatic nitrogens is 2. The van der Waals surface area contributed by atoms with Crippen molar-refractivity contribution in [2.45, 2.75) is 38.9 Å². The van der Waals surface area contributed by atoms with Crippen LogP contribution in [0.25, 0.3) is 11.0 Å². The summed E-state index contributed by atoms with van der Waals surface area (Å²) in [7, 11) is 1.38. The quantitative estimate of drug-likeness (QED) is 0.576. The van der Waals surface area contributed by atoms with Gasteiger partial charge in [0.25, 0.3) is 0 Å². The van der Waals surface area contributed by atoms with E-state index in [0.29, 0.717) is 6.54 Å². The first-order chi connectivity index (χ1) is 14.9. The number of aryl methyl sites for hydroxylation is 2. The molecule has 7 nitrogen and oxygen atoms in total. The van der Waals surface area contributed by atoms with Crippen molar-refractivity contribution in [3.05, 3.63) is 70.1 Å². The van der Waals surface area contributed by atoms with Crippen LogP contribution in [0.5, 0.6) is 0 Å². The molecule has 1 heterocycles. The monoisotopic (exact) mass is 430 g/mol. The number of hydrogen-bond donors (Lipinski definition) is 2. The van der Waals surface area contributed by atoms with Crippen LogP contribution < -0.4 is 16.3 Å². The largest absolute Gasteiger partial charge is 0.357 e. The van der Waals surface area contributed by atoms with Gasteiger partial charge in [0.1, 0.15) is 6.04 Å². The Hall–Kier alpha value is -3.49. The maximum absolute atomic E-state index is 13.6.